The molecular formula is C2F6SSe. The van der Waals surface area contributed by atoms with Crippen LogP contribution in [0.5, 0.6) is 0 Å². The second-order valence-corrected chi connectivity index (χ2v) is 4.92. The summed E-state index contributed by atoms with van der Waals surface area (Å²) >= 11 is -2.41. The van der Waals surface area contributed by atoms with E-state index in [1.807, 2.05) is 0 Å². The quantitative estimate of drug-likeness (QED) is 0.507. The van der Waals surface area contributed by atoms with Gasteiger partial charge in [-0.25, -0.2) is 0 Å². The van der Waals surface area contributed by atoms with E-state index in [0.29, 0.717) is 0 Å². The first kappa shape index (κ1) is 10.4. The zero-order valence-corrected chi connectivity index (χ0v) is 6.61. The first-order valence-electron chi connectivity index (χ1n) is 1.71. The molecule has 0 rings (SSSR count). The Morgan fingerprint density at radius 3 is 1.40 bits per heavy atom. The topological polar surface area (TPSA) is 0 Å². The molecule has 0 amide bonds. The Bertz CT molecular complexity index is 89.3. The van der Waals surface area contributed by atoms with Crippen molar-refractivity contribution in [3.63, 3.8) is 0 Å². The van der Waals surface area contributed by atoms with Gasteiger partial charge in [0, 0.05) is 0 Å². The molecule has 0 fully saturated rings. The maximum absolute atomic E-state index is 11.1. The van der Waals surface area contributed by atoms with Gasteiger partial charge in [-0.05, 0) is 0 Å². The van der Waals surface area contributed by atoms with Crippen LogP contribution in [0, 0.1) is 0 Å². The van der Waals surface area contributed by atoms with Gasteiger partial charge in [-0.3, -0.25) is 0 Å². The summed E-state index contributed by atoms with van der Waals surface area (Å²) in [7, 11) is -1.02. The van der Waals surface area contributed by atoms with Crippen LogP contribution in [0.2, 0.25) is 0 Å². The van der Waals surface area contributed by atoms with Crippen molar-refractivity contribution in [2.45, 2.75) is 10.6 Å². The fourth-order valence-corrected chi connectivity index (χ4v) is 1.47. The number of halogens is 6. The fourth-order valence-electron chi connectivity index (χ4n) is 0.0945. The van der Waals surface area contributed by atoms with E-state index in [9.17, 15) is 26.3 Å². The Morgan fingerprint density at radius 1 is 0.900 bits per heavy atom. The molecule has 0 aliphatic carbocycles. The van der Waals surface area contributed by atoms with Gasteiger partial charge in [0.05, 0.1) is 0 Å². The Kier molecular flexibility index (Phi) is 3.38. The van der Waals surface area contributed by atoms with Crippen LogP contribution in [-0.4, -0.2) is 24.4 Å². The molecule has 10 heavy (non-hydrogen) atoms. The van der Waals surface area contributed by atoms with Crippen LogP contribution < -0.4 is 0 Å². The summed E-state index contributed by atoms with van der Waals surface area (Å²) in [6, 6.07) is 0. The van der Waals surface area contributed by atoms with E-state index < -0.39 is 34.6 Å². The molecule has 0 aliphatic heterocycles. The van der Waals surface area contributed by atoms with Crippen molar-refractivity contribution in [2.75, 3.05) is 0 Å². The minimum atomic E-state index is -4.77. The van der Waals surface area contributed by atoms with E-state index in [1.165, 1.54) is 0 Å². The molecule has 0 saturated carbocycles. The van der Waals surface area contributed by atoms with Crippen molar-refractivity contribution < 1.29 is 26.3 Å². The summed E-state index contributed by atoms with van der Waals surface area (Å²) in [5.41, 5.74) is -4.77. The van der Waals surface area contributed by atoms with Crippen LogP contribution in [0.3, 0.4) is 0 Å². The summed E-state index contributed by atoms with van der Waals surface area (Å²) < 4.78 is 66.5. The third kappa shape index (κ3) is 8.45. The van der Waals surface area contributed by atoms with E-state index in [0.717, 1.165) is 0 Å². The van der Waals surface area contributed by atoms with Crippen molar-refractivity contribution >= 4 is 24.0 Å². The van der Waals surface area contributed by atoms with Crippen molar-refractivity contribution in [3.8, 4) is 0 Å². The Hall–Kier alpha value is 0.449. The van der Waals surface area contributed by atoms with E-state index in [-0.39, 0.29) is 0 Å². The molecule has 0 unspecified atom stereocenters. The second-order valence-electron chi connectivity index (χ2n) is 1.06. The van der Waals surface area contributed by atoms with Gasteiger partial charge < -0.3 is 0 Å². The molecule has 0 N–H and O–H groups in total. The summed E-state index contributed by atoms with van der Waals surface area (Å²) in [6.07, 6.45) is 0. The van der Waals surface area contributed by atoms with E-state index >= 15 is 0 Å². The van der Waals surface area contributed by atoms with Gasteiger partial charge in [0.1, 0.15) is 0 Å². The van der Waals surface area contributed by atoms with Gasteiger partial charge in [0.2, 0.25) is 0 Å². The number of alkyl halides is 6. The molecule has 0 nitrogen and oxygen atoms in total. The standard InChI is InChI=1S/C2F6SSe/c3-1(4,5)9-10-2(6,7)8. The van der Waals surface area contributed by atoms with E-state index in [2.05, 4.69) is 0 Å². The van der Waals surface area contributed by atoms with Crippen LogP contribution in [0.4, 0.5) is 26.3 Å². The van der Waals surface area contributed by atoms with Crippen LogP contribution in [0.25, 0.3) is 0 Å². The maximum atomic E-state index is 11.1. The molecule has 0 aromatic rings. The predicted octanol–water partition coefficient (Wildman–Crippen LogP) is 2.38. The van der Waals surface area contributed by atoms with Crippen molar-refractivity contribution in [3.05, 3.63) is 0 Å². The third-order valence-corrected chi connectivity index (χ3v) is 3.60. The molecule has 0 atom stereocenters. The molecule has 0 bridgehead atoms. The molecule has 0 aromatic carbocycles. The first-order valence-corrected chi connectivity index (χ1v) is 5.41. The predicted molar refractivity (Wildman–Crippen MR) is 25.5 cm³/mol. The molecule has 0 heterocycles. The molecule has 0 aromatic heterocycles. The average Bonchev–Trinajstić information content (AvgIpc) is 1.57. The molecule has 0 radical (unpaired) electrons. The molecule has 0 spiro atoms. The van der Waals surface area contributed by atoms with Gasteiger partial charge in [0.15, 0.2) is 0 Å². The Morgan fingerprint density at radius 2 is 1.30 bits per heavy atom. The molecule has 0 aliphatic rings. The molecule has 62 valence electrons. The summed E-state index contributed by atoms with van der Waals surface area (Å²) in [5.74, 6) is 0. The van der Waals surface area contributed by atoms with E-state index in [1.54, 1.807) is 0 Å². The van der Waals surface area contributed by atoms with Crippen LogP contribution >= 0.6 is 10.2 Å². The van der Waals surface area contributed by atoms with Gasteiger partial charge in [-0.2, -0.15) is 0 Å². The summed E-state index contributed by atoms with van der Waals surface area (Å²) in [4.78, 5) is 0. The van der Waals surface area contributed by atoms with Crippen molar-refractivity contribution in [2.24, 2.45) is 0 Å². The average molecular weight is 249 g/mol. The second kappa shape index (κ2) is 3.23. The molecule has 8 heteroatoms. The minimum absolute atomic E-state index is 1.02. The van der Waals surface area contributed by atoms with Crippen LogP contribution in [0.1, 0.15) is 0 Å². The zero-order chi connectivity index (χ0) is 8.41. The number of rotatable bonds is 1. The fraction of sp³-hybridized carbons (Fsp3) is 1.00. The van der Waals surface area contributed by atoms with Crippen molar-refractivity contribution in [1.29, 1.82) is 0 Å². The summed E-state index contributed by atoms with van der Waals surface area (Å²) in [6.45, 7) is 0. The third-order valence-electron chi connectivity index (χ3n) is 0.231. The zero-order valence-electron chi connectivity index (χ0n) is 4.08. The normalized spacial score (nSPS) is 13.8. The van der Waals surface area contributed by atoms with Gasteiger partial charge >= 0.3 is 60.9 Å². The van der Waals surface area contributed by atoms with Crippen molar-refractivity contribution in [1.82, 2.24) is 0 Å². The number of hydrogen-bond donors (Lipinski definition) is 0. The summed E-state index contributed by atoms with van der Waals surface area (Å²) in [5, 5.41) is -4.69. The Labute approximate surface area is 61.6 Å². The van der Waals surface area contributed by atoms with Gasteiger partial charge in [-0.15, -0.1) is 0 Å². The van der Waals surface area contributed by atoms with Crippen LogP contribution in [-0.2, 0) is 0 Å². The first-order chi connectivity index (χ1) is 4.21. The number of hydrogen-bond acceptors (Lipinski definition) is 1. The Balaban J connectivity index is 3.56. The SMILES string of the molecule is FC(F)(F)S[Se]C(F)(F)F. The van der Waals surface area contributed by atoms with E-state index in [4.69, 9.17) is 0 Å². The van der Waals surface area contributed by atoms with Gasteiger partial charge in [-0.1, -0.05) is 0 Å². The molecule has 0 saturated heterocycles. The van der Waals surface area contributed by atoms with Crippen LogP contribution in [0.15, 0.2) is 0 Å². The molecular weight excluding hydrogens is 249 g/mol. The monoisotopic (exact) mass is 250 g/mol. The van der Waals surface area contributed by atoms with Gasteiger partial charge in [0.25, 0.3) is 0 Å².